The fourth-order valence-electron chi connectivity index (χ4n) is 6.17. The molecule has 7 rings (SSSR count). The average Bonchev–Trinajstić information content (AvgIpc) is 3.13. The van der Waals surface area contributed by atoms with Crippen LogP contribution in [0.4, 0.5) is 0 Å². The van der Waals surface area contributed by atoms with E-state index in [-0.39, 0.29) is 20.1 Å². The molecule has 0 amide bonds. The van der Waals surface area contributed by atoms with Gasteiger partial charge in [0.15, 0.2) is 0 Å². The van der Waals surface area contributed by atoms with Crippen molar-refractivity contribution < 1.29 is 24.7 Å². The minimum absolute atomic E-state index is 0. The second-order valence-electron chi connectivity index (χ2n) is 11.2. The first-order valence-corrected chi connectivity index (χ1v) is 17.1. The number of hydrogen-bond acceptors (Lipinski definition) is 2. The van der Waals surface area contributed by atoms with E-state index in [0.717, 1.165) is 33.1 Å². The molecule has 1 aliphatic carbocycles. The SMILES string of the molecule is O=P(c1[c-]cccc1)(c1ccccc1)c1ccccc1.[Ir].[c-]1ccccc1-c1cc(C2CCC(c3ccccc3)CC2)ccn1. The molecular formula is C41H36IrNOP-2. The summed E-state index contributed by atoms with van der Waals surface area (Å²) in [6.07, 6.45) is 7.05. The van der Waals surface area contributed by atoms with E-state index in [1.807, 2.05) is 109 Å². The Kier molecular flexibility index (Phi) is 11.5. The van der Waals surface area contributed by atoms with Crippen LogP contribution in [0.25, 0.3) is 11.3 Å². The molecule has 1 aromatic heterocycles. The summed E-state index contributed by atoms with van der Waals surface area (Å²) in [6, 6.07) is 56.7. The molecule has 4 heteroatoms. The van der Waals surface area contributed by atoms with E-state index in [1.54, 1.807) is 0 Å². The first kappa shape index (κ1) is 32.5. The number of nitrogens with zero attached hydrogens (tertiary/aromatic N) is 1. The van der Waals surface area contributed by atoms with Crippen molar-refractivity contribution in [1.82, 2.24) is 4.98 Å². The molecular weight excluding hydrogens is 746 g/mol. The van der Waals surface area contributed by atoms with Crippen LogP contribution >= 0.6 is 7.14 Å². The van der Waals surface area contributed by atoms with Gasteiger partial charge in [-0.05, 0) is 54.8 Å². The van der Waals surface area contributed by atoms with E-state index >= 15 is 0 Å². The van der Waals surface area contributed by atoms with E-state index < -0.39 is 7.14 Å². The van der Waals surface area contributed by atoms with Crippen LogP contribution in [0.3, 0.4) is 0 Å². The van der Waals surface area contributed by atoms with Gasteiger partial charge in [0.25, 0.3) is 0 Å². The molecule has 1 heterocycles. The Morgan fingerprint density at radius 2 is 1.07 bits per heavy atom. The average molecular weight is 782 g/mol. The Balaban J connectivity index is 0.000000177. The van der Waals surface area contributed by atoms with Gasteiger partial charge in [0, 0.05) is 36.9 Å². The predicted octanol–water partition coefficient (Wildman–Crippen LogP) is 9.11. The molecule has 0 spiro atoms. The van der Waals surface area contributed by atoms with Gasteiger partial charge in [-0.25, -0.2) is 0 Å². The van der Waals surface area contributed by atoms with E-state index in [4.69, 9.17) is 0 Å². The number of rotatable bonds is 6. The smallest absolute Gasteiger partial charge is 0.147 e. The van der Waals surface area contributed by atoms with Crippen molar-refractivity contribution in [1.29, 1.82) is 0 Å². The van der Waals surface area contributed by atoms with Crippen LogP contribution < -0.4 is 15.9 Å². The molecule has 0 unspecified atom stereocenters. The fourth-order valence-corrected chi connectivity index (χ4v) is 8.76. The molecule has 45 heavy (non-hydrogen) atoms. The van der Waals surface area contributed by atoms with Crippen molar-refractivity contribution in [2.75, 3.05) is 0 Å². The van der Waals surface area contributed by atoms with Gasteiger partial charge < -0.3 is 9.55 Å². The molecule has 0 atom stereocenters. The zero-order valence-electron chi connectivity index (χ0n) is 25.1. The number of pyridine rings is 1. The minimum atomic E-state index is -2.83. The van der Waals surface area contributed by atoms with Crippen molar-refractivity contribution in [3.8, 4) is 11.3 Å². The molecule has 0 N–H and O–H groups in total. The van der Waals surface area contributed by atoms with Gasteiger partial charge in [0.2, 0.25) is 0 Å². The van der Waals surface area contributed by atoms with Crippen LogP contribution in [-0.4, -0.2) is 4.98 Å². The van der Waals surface area contributed by atoms with Gasteiger partial charge in [0.05, 0.1) is 0 Å². The first-order valence-electron chi connectivity index (χ1n) is 15.4. The zero-order chi connectivity index (χ0) is 30.0. The third-order valence-electron chi connectivity index (χ3n) is 8.51. The van der Waals surface area contributed by atoms with Crippen molar-refractivity contribution in [2.45, 2.75) is 37.5 Å². The summed E-state index contributed by atoms with van der Waals surface area (Å²) in [5.41, 5.74) is 5.06. The predicted molar refractivity (Wildman–Crippen MR) is 184 cm³/mol. The van der Waals surface area contributed by atoms with Gasteiger partial charge in [0.1, 0.15) is 7.14 Å². The molecule has 6 aromatic rings. The molecule has 1 radical (unpaired) electrons. The number of aromatic nitrogens is 1. The monoisotopic (exact) mass is 782 g/mol. The van der Waals surface area contributed by atoms with Crippen molar-refractivity contribution in [3.63, 3.8) is 0 Å². The van der Waals surface area contributed by atoms with Gasteiger partial charge >= 0.3 is 0 Å². The summed E-state index contributed by atoms with van der Waals surface area (Å²) in [4.78, 5) is 4.54. The molecule has 1 aliphatic rings. The summed E-state index contributed by atoms with van der Waals surface area (Å²) < 4.78 is 13.8. The van der Waals surface area contributed by atoms with Crippen LogP contribution in [0, 0.1) is 12.1 Å². The Hall–Kier alpha value is -3.87. The van der Waals surface area contributed by atoms with Crippen molar-refractivity contribution in [3.05, 3.63) is 181 Å². The summed E-state index contributed by atoms with van der Waals surface area (Å²) in [7, 11) is -2.83. The summed E-state index contributed by atoms with van der Waals surface area (Å²) >= 11 is 0. The Labute approximate surface area is 281 Å². The van der Waals surface area contributed by atoms with Crippen LogP contribution in [0.1, 0.15) is 48.6 Å². The normalized spacial score (nSPS) is 16.0. The van der Waals surface area contributed by atoms with Crippen LogP contribution in [0.15, 0.2) is 158 Å². The fraction of sp³-hybridized carbons (Fsp3) is 0.146. The van der Waals surface area contributed by atoms with Crippen LogP contribution in [0.2, 0.25) is 0 Å². The molecule has 5 aromatic carbocycles. The summed E-state index contributed by atoms with van der Waals surface area (Å²) in [5, 5.41) is 2.43. The standard InChI is InChI=1S/C23H22N.C18H14OP.Ir/c1-3-7-18(8-4-1)19-11-13-20(14-12-19)22-15-16-24-23(17-22)21-9-5-2-6-10-21;19-20(16-10-4-1-5-11-16,17-12-6-2-7-13-17)18-14-8-3-9-15-18;/h1-9,15-17,19-20H,11-14H2;1-14H;/q2*-1;. The van der Waals surface area contributed by atoms with Crippen molar-refractivity contribution in [2.24, 2.45) is 0 Å². The van der Waals surface area contributed by atoms with Crippen LogP contribution in [-0.2, 0) is 24.7 Å². The maximum Gasteiger partial charge on any atom is 0.147 e. The molecule has 0 saturated heterocycles. The summed E-state index contributed by atoms with van der Waals surface area (Å²) in [6.45, 7) is 0. The minimum Gasteiger partial charge on any atom is -0.311 e. The molecule has 1 saturated carbocycles. The van der Waals surface area contributed by atoms with E-state index in [0.29, 0.717) is 5.92 Å². The van der Waals surface area contributed by atoms with E-state index in [2.05, 4.69) is 65.6 Å². The zero-order valence-corrected chi connectivity index (χ0v) is 28.4. The molecule has 0 bridgehead atoms. The molecule has 227 valence electrons. The second-order valence-corrected chi connectivity index (χ2v) is 14.0. The van der Waals surface area contributed by atoms with Gasteiger partial charge in [-0.2, -0.15) is 30.3 Å². The third-order valence-corrected chi connectivity index (χ3v) is 11.5. The Morgan fingerprint density at radius 1 is 0.556 bits per heavy atom. The first-order chi connectivity index (χ1) is 21.7. The van der Waals surface area contributed by atoms with Gasteiger partial charge in [-0.1, -0.05) is 108 Å². The maximum absolute atomic E-state index is 13.8. The van der Waals surface area contributed by atoms with E-state index in [1.165, 1.54) is 36.8 Å². The topological polar surface area (TPSA) is 30.0 Å². The third kappa shape index (κ3) is 7.86. The van der Waals surface area contributed by atoms with Crippen LogP contribution in [0.5, 0.6) is 0 Å². The Bertz CT molecular complexity index is 1670. The molecule has 1 fully saturated rings. The van der Waals surface area contributed by atoms with E-state index in [9.17, 15) is 4.57 Å². The van der Waals surface area contributed by atoms with Gasteiger partial charge in [-0.3, -0.25) is 0 Å². The van der Waals surface area contributed by atoms with Gasteiger partial charge in [-0.15, -0.1) is 35.9 Å². The molecule has 0 aliphatic heterocycles. The molecule has 2 nitrogen and oxygen atoms in total. The number of hydrogen-bond donors (Lipinski definition) is 0. The quantitative estimate of drug-likeness (QED) is 0.125. The number of benzene rings is 5. The summed E-state index contributed by atoms with van der Waals surface area (Å²) in [5.74, 6) is 1.39. The second kappa shape index (κ2) is 15.9. The maximum atomic E-state index is 13.8. The van der Waals surface area contributed by atoms with Crippen molar-refractivity contribution >= 4 is 23.1 Å². The largest absolute Gasteiger partial charge is 0.311 e. The Morgan fingerprint density at radius 3 is 1.60 bits per heavy atom.